The molecule has 0 atom stereocenters. The molecule has 0 saturated heterocycles. The summed E-state index contributed by atoms with van der Waals surface area (Å²) >= 11 is 0. The number of aliphatic imine (C=N–C) groups is 1. The summed E-state index contributed by atoms with van der Waals surface area (Å²) in [5.41, 5.74) is 3.03. The van der Waals surface area contributed by atoms with Crippen LogP contribution in [0, 0.1) is 0 Å². The molecule has 1 aromatic carbocycles. The Morgan fingerprint density at radius 1 is 1.26 bits per heavy atom. The minimum absolute atomic E-state index is 0. The Hall–Kier alpha value is -0.820. The van der Waals surface area contributed by atoms with Gasteiger partial charge in [-0.05, 0) is 43.7 Å². The Labute approximate surface area is 157 Å². The number of benzene rings is 1. The maximum absolute atomic E-state index is 4.69. The highest BCUT2D eigenvalue weighted by atomic mass is 127. The molecule has 0 radical (unpaired) electrons. The van der Waals surface area contributed by atoms with Crippen molar-refractivity contribution in [1.29, 1.82) is 0 Å². The van der Waals surface area contributed by atoms with Crippen LogP contribution in [0.5, 0.6) is 0 Å². The zero-order valence-corrected chi connectivity index (χ0v) is 16.4. The maximum atomic E-state index is 4.69. The van der Waals surface area contributed by atoms with E-state index in [2.05, 4.69) is 46.7 Å². The fourth-order valence-electron chi connectivity index (χ4n) is 2.97. The molecule has 23 heavy (non-hydrogen) atoms. The molecule has 1 fully saturated rings. The summed E-state index contributed by atoms with van der Waals surface area (Å²) in [5, 5.41) is 6.80. The molecule has 0 amide bonds. The van der Waals surface area contributed by atoms with Crippen molar-refractivity contribution in [1.82, 2.24) is 15.5 Å². The molecule has 1 aliphatic carbocycles. The van der Waals surface area contributed by atoms with Crippen LogP contribution < -0.4 is 10.6 Å². The quantitative estimate of drug-likeness (QED) is 0.317. The van der Waals surface area contributed by atoms with Crippen molar-refractivity contribution in [3.05, 3.63) is 35.4 Å². The van der Waals surface area contributed by atoms with Crippen LogP contribution in [-0.2, 0) is 13.0 Å². The highest BCUT2D eigenvalue weighted by Crippen LogP contribution is 2.19. The van der Waals surface area contributed by atoms with Gasteiger partial charge in [-0.1, -0.05) is 24.3 Å². The van der Waals surface area contributed by atoms with Crippen molar-refractivity contribution in [3.63, 3.8) is 0 Å². The molecule has 2 N–H and O–H groups in total. The molecule has 1 heterocycles. The van der Waals surface area contributed by atoms with Crippen LogP contribution in [0.1, 0.15) is 37.3 Å². The van der Waals surface area contributed by atoms with Gasteiger partial charge in [-0.15, -0.1) is 24.0 Å². The van der Waals surface area contributed by atoms with Crippen molar-refractivity contribution in [2.75, 3.05) is 26.2 Å². The van der Waals surface area contributed by atoms with E-state index in [1.54, 1.807) is 0 Å². The van der Waals surface area contributed by atoms with Crippen LogP contribution in [-0.4, -0.2) is 43.1 Å². The summed E-state index contributed by atoms with van der Waals surface area (Å²) in [7, 11) is 0. The monoisotopic (exact) mass is 428 g/mol. The molecular formula is C18H29IN4. The molecule has 0 bridgehead atoms. The first-order valence-corrected chi connectivity index (χ1v) is 8.69. The van der Waals surface area contributed by atoms with Crippen molar-refractivity contribution < 1.29 is 0 Å². The Balaban J connectivity index is 0.00000192. The van der Waals surface area contributed by atoms with Crippen LogP contribution >= 0.6 is 24.0 Å². The smallest absolute Gasteiger partial charge is 0.191 e. The van der Waals surface area contributed by atoms with Crippen molar-refractivity contribution in [2.24, 2.45) is 4.99 Å². The maximum Gasteiger partial charge on any atom is 0.191 e. The lowest BCUT2D eigenvalue weighted by molar-refractivity contribution is 0.252. The standard InChI is InChI=1S/C18H28N4.HI/c1-2-19-18(21-17-8-9-17)20-11-5-12-22-13-10-15-6-3-4-7-16(15)14-22;/h3-4,6-7,17H,2,5,8-14H2,1H3,(H2,19,20,21);1H. The summed E-state index contributed by atoms with van der Waals surface area (Å²) in [6, 6.07) is 9.50. The highest BCUT2D eigenvalue weighted by Gasteiger charge is 2.22. The Morgan fingerprint density at radius 3 is 2.78 bits per heavy atom. The van der Waals surface area contributed by atoms with Gasteiger partial charge in [0.25, 0.3) is 0 Å². The summed E-state index contributed by atoms with van der Waals surface area (Å²) < 4.78 is 0. The van der Waals surface area contributed by atoms with Gasteiger partial charge in [-0.3, -0.25) is 9.89 Å². The van der Waals surface area contributed by atoms with Crippen molar-refractivity contribution in [2.45, 2.75) is 45.2 Å². The van der Waals surface area contributed by atoms with Gasteiger partial charge in [0.2, 0.25) is 0 Å². The molecule has 4 nitrogen and oxygen atoms in total. The van der Waals surface area contributed by atoms with E-state index in [1.807, 2.05) is 0 Å². The number of nitrogens with zero attached hydrogens (tertiary/aromatic N) is 2. The molecule has 0 spiro atoms. The van der Waals surface area contributed by atoms with Gasteiger partial charge in [0.05, 0.1) is 0 Å². The second-order valence-electron chi connectivity index (χ2n) is 6.33. The number of halogens is 1. The van der Waals surface area contributed by atoms with E-state index in [1.165, 1.54) is 36.9 Å². The van der Waals surface area contributed by atoms with E-state index in [0.717, 1.165) is 38.6 Å². The second-order valence-corrected chi connectivity index (χ2v) is 6.33. The lowest BCUT2D eigenvalue weighted by atomic mass is 10.00. The zero-order chi connectivity index (χ0) is 15.2. The third-order valence-electron chi connectivity index (χ3n) is 4.37. The molecule has 128 valence electrons. The van der Waals surface area contributed by atoms with Gasteiger partial charge < -0.3 is 10.6 Å². The Morgan fingerprint density at radius 2 is 2.04 bits per heavy atom. The fraction of sp³-hybridized carbons (Fsp3) is 0.611. The minimum atomic E-state index is 0. The lowest BCUT2D eigenvalue weighted by Gasteiger charge is -2.28. The van der Waals surface area contributed by atoms with Crippen molar-refractivity contribution in [3.8, 4) is 0 Å². The predicted molar refractivity (Wildman–Crippen MR) is 108 cm³/mol. The number of hydrogen-bond donors (Lipinski definition) is 2. The molecule has 5 heteroatoms. The first kappa shape index (κ1) is 18.5. The van der Waals surface area contributed by atoms with E-state index in [-0.39, 0.29) is 24.0 Å². The average Bonchev–Trinajstić information content (AvgIpc) is 3.35. The number of fused-ring (bicyclic) bond motifs is 1. The summed E-state index contributed by atoms with van der Waals surface area (Å²) in [4.78, 5) is 7.24. The van der Waals surface area contributed by atoms with Crippen LogP contribution in [0.4, 0.5) is 0 Å². The molecule has 2 aliphatic rings. The van der Waals surface area contributed by atoms with Crippen molar-refractivity contribution >= 4 is 29.9 Å². The van der Waals surface area contributed by atoms with E-state index >= 15 is 0 Å². The first-order chi connectivity index (χ1) is 10.8. The summed E-state index contributed by atoms with van der Waals surface area (Å²) in [6.07, 6.45) is 4.89. The van der Waals surface area contributed by atoms with Gasteiger partial charge >= 0.3 is 0 Å². The van der Waals surface area contributed by atoms with Gasteiger partial charge in [0, 0.05) is 38.8 Å². The third-order valence-corrected chi connectivity index (χ3v) is 4.37. The molecule has 0 unspecified atom stereocenters. The first-order valence-electron chi connectivity index (χ1n) is 8.69. The van der Waals surface area contributed by atoms with Crippen LogP contribution in [0.3, 0.4) is 0 Å². The minimum Gasteiger partial charge on any atom is -0.357 e. The number of guanidine groups is 1. The summed E-state index contributed by atoms with van der Waals surface area (Å²) in [5.74, 6) is 0.994. The molecule has 1 aromatic rings. The molecule has 3 rings (SSSR count). The molecule has 0 aromatic heterocycles. The average molecular weight is 428 g/mol. The van der Waals surface area contributed by atoms with E-state index in [0.29, 0.717) is 6.04 Å². The van der Waals surface area contributed by atoms with E-state index in [4.69, 9.17) is 4.99 Å². The highest BCUT2D eigenvalue weighted by molar-refractivity contribution is 14.0. The normalized spacial score (nSPS) is 18.0. The predicted octanol–water partition coefficient (Wildman–Crippen LogP) is 2.77. The Bertz CT molecular complexity index is 513. The fourth-order valence-corrected chi connectivity index (χ4v) is 2.97. The van der Waals surface area contributed by atoms with E-state index in [9.17, 15) is 0 Å². The number of rotatable bonds is 6. The molecule has 1 saturated carbocycles. The zero-order valence-electron chi connectivity index (χ0n) is 14.1. The van der Waals surface area contributed by atoms with Gasteiger partial charge in [-0.2, -0.15) is 0 Å². The number of nitrogens with one attached hydrogen (secondary N) is 2. The summed E-state index contributed by atoms with van der Waals surface area (Å²) in [6.45, 7) is 7.37. The van der Waals surface area contributed by atoms with Gasteiger partial charge in [0.15, 0.2) is 5.96 Å². The van der Waals surface area contributed by atoms with E-state index < -0.39 is 0 Å². The topological polar surface area (TPSA) is 39.7 Å². The lowest BCUT2D eigenvalue weighted by Crippen LogP contribution is -2.38. The van der Waals surface area contributed by atoms with Gasteiger partial charge in [0.1, 0.15) is 0 Å². The third kappa shape index (κ3) is 5.95. The molecular weight excluding hydrogens is 399 g/mol. The SMILES string of the molecule is CCNC(=NCCCN1CCc2ccccc2C1)NC1CC1.I. The van der Waals surface area contributed by atoms with Crippen LogP contribution in [0.15, 0.2) is 29.3 Å². The van der Waals surface area contributed by atoms with Gasteiger partial charge in [-0.25, -0.2) is 0 Å². The molecule has 1 aliphatic heterocycles. The largest absolute Gasteiger partial charge is 0.357 e. The van der Waals surface area contributed by atoms with Crippen LogP contribution in [0.2, 0.25) is 0 Å². The second kappa shape index (κ2) is 9.47. The Kier molecular flexibility index (Phi) is 7.62. The number of hydrogen-bond acceptors (Lipinski definition) is 2. The van der Waals surface area contributed by atoms with Crippen LogP contribution in [0.25, 0.3) is 0 Å².